The van der Waals surface area contributed by atoms with Crippen LogP contribution >= 0.6 is 0 Å². The van der Waals surface area contributed by atoms with Crippen molar-refractivity contribution in [3.8, 4) is 0 Å². The zero-order valence-corrected chi connectivity index (χ0v) is 12.6. The van der Waals surface area contributed by atoms with Crippen LogP contribution in [-0.4, -0.2) is 51.0 Å². The summed E-state index contributed by atoms with van der Waals surface area (Å²) >= 11 is 0. The fraction of sp³-hybridized carbons (Fsp3) is 0.333. The third-order valence-electron chi connectivity index (χ3n) is 3.90. The number of carboxylic acids is 1. The minimum atomic E-state index is -1.03. The fourth-order valence-electron chi connectivity index (χ4n) is 2.76. The van der Waals surface area contributed by atoms with Gasteiger partial charge in [-0.2, -0.15) is 4.98 Å². The summed E-state index contributed by atoms with van der Waals surface area (Å²) in [4.78, 5) is 33.0. The minimum absolute atomic E-state index is 0.0857. The minimum Gasteiger partial charge on any atom is -0.478 e. The molecular weight excluding hydrogens is 298 g/mol. The molecule has 8 heteroatoms. The van der Waals surface area contributed by atoms with Crippen molar-refractivity contribution in [2.45, 2.75) is 19.4 Å². The molecule has 0 aliphatic carbocycles. The molecule has 120 valence electrons. The Labute approximate surface area is 132 Å². The van der Waals surface area contributed by atoms with E-state index in [1.165, 1.54) is 12.1 Å². The maximum absolute atomic E-state index is 11.8. The summed E-state index contributed by atoms with van der Waals surface area (Å²) in [5.41, 5.74) is 6.42. The van der Waals surface area contributed by atoms with E-state index in [2.05, 4.69) is 15.3 Å². The quantitative estimate of drug-likeness (QED) is 0.767. The largest absolute Gasteiger partial charge is 0.478 e. The number of aromatic carboxylic acids is 1. The maximum Gasteiger partial charge on any atom is 0.335 e. The van der Waals surface area contributed by atoms with Gasteiger partial charge in [0.25, 0.3) is 0 Å². The second-order valence-corrected chi connectivity index (χ2v) is 5.45. The van der Waals surface area contributed by atoms with Crippen molar-refractivity contribution < 1.29 is 14.7 Å². The number of carboxylic acid groups (broad SMARTS) is 1. The van der Waals surface area contributed by atoms with Crippen molar-refractivity contribution in [2.24, 2.45) is 0 Å². The number of carbonyl (C=O) groups is 2. The van der Waals surface area contributed by atoms with E-state index in [4.69, 9.17) is 10.8 Å². The molecule has 8 nitrogen and oxygen atoms in total. The molecule has 0 radical (unpaired) electrons. The molecule has 23 heavy (non-hydrogen) atoms. The molecule has 4 N–H and O–H groups in total. The van der Waals surface area contributed by atoms with E-state index in [1.54, 1.807) is 11.0 Å². The Kier molecular flexibility index (Phi) is 3.73. The van der Waals surface area contributed by atoms with E-state index in [1.807, 2.05) is 6.92 Å². The zero-order chi connectivity index (χ0) is 16.6. The number of aromatic nitrogens is 2. The van der Waals surface area contributed by atoms with Crippen LogP contribution in [-0.2, 0) is 4.79 Å². The predicted molar refractivity (Wildman–Crippen MR) is 85.2 cm³/mol. The Balaban J connectivity index is 1.97. The van der Waals surface area contributed by atoms with E-state index < -0.39 is 5.97 Å². The summed E-state index contributed by atoms with van der Waals surface area (Å²) in [6.07, 6.45) is 0.373. The number of nitrogen functional groups attached to an aromatic ring is 1. The molecule has 1 saturated heterocycles. The van der Waals surface area contributed by atoms with Gasteiger partial charge in [-0.05, 0) is 25.1 Å². The van der Waals surface area contributed by atoms with Gasteiger partial charge in [-0.15, -0.1) is 0 Å². The van der Waals surface area contributed by atoms with Gasteiger partial charge in [0.1, 0.15) is 5.82 Å². The van der Waals surface area contributed by atoms with Crippen molar-refractivity contribution in [1.82, 2.24) is 14.9 Å². The Morgan fingerprint density at radius 2 is 2.26 bits per heavy atom. The van der Waals surface area contributed by atoms with Crippen LogP contribution in [0.5, 0.6) is 0 Å². The number of rotatable bonds is 4. The summed E-state index contributed by atoms with van der Waals surface area (Å²) in [6.45, 7) is 3.17. The van der Waals surface area contributed by atoms with Crippen molar-refractivity contribution in [1.29, 1.82) is 0 Å². The van der Waals surface area contributed by atoms with Crippen LogP contribution in [0.4, 0.5) is 11.8 Å². The number of anilines is 2. The number of likely N-dealkylation sites (tertiary alicyclic amines) is 1. The summed E-state index contributed by atoms with van der Waals surface area (Å²) < 4.78 is 0. The second kappa shape index (κ2) is 5.71. The van der Waals surface area contributed by atoms with Crippen LogP contribution in [0.15, 0.2) is 18.2 Å². The highest BCUT2D eigenvalue weighted by atomic mass is 16.4. The molecule has 1 amide bonds. The van der Waals surface area contributed by atoms with Crippen LogP contribution in [0.1, 0.15) is 23.7 Å². The van der Waals surface area contributed by atoms with Crippen molar-refractivity contribution in [2.75, 3.05) is 24.1 Å². The summed E-state index contributed by atoms with van der Waals surface area (Å²) in [5.74, 6) is -0.392. The number of fused-ring (bicyclic) bond motifs is 1. The number of likely N-dealkylation sites (N-methyl/N-ethyl adjacent to an activating group) is 1. The smallest absolute Gasteiger partial charge is 0.335 e. The van der Waals surface area contributed by atoms with Crippen LogP contribution in [0.3, 0.4) is 0 Å². The van der Waals surface area contributed by atoms with Crippen molar-refractivity contribution >= 4 is 34.5 Å². The third-order valence-corrected chi connectivity index (χ3v) is 3.90. The van der Waals surface area contributed by atoms with E-state index in [0.717, 1.165) is 0 Å². The number of nitrogens with zero attached hydrogens (tertiary/aromatic N) is 3. The molecule has 1 aliphatic heterocycles. The highest BCUT2D eigenvalue weighted by Crippen LogP contribution is 2.25. The standard InChI is InChI=1S/C15H17N5O3/c1-2-20-7-9(6-12(20)21)17-13-10-5-8(14(22)23)3-4-11(10)18-15(16)19-13/h3-5,9H,2,6-7H2,1H3,(H,22,23)(H3,16,17,18,19)/t9-/m0/s1. The number of hydrogen-bond donors (Lipinski definition) is 3. The second-order valence-electron chi connectivity index (χ2n) is 5.45. The molecule has 1 atom stereocenters. The molecule has 0 unspecified atom stereocenters. The Bertz CT molecular complexity index is 792. The molecule has 1 fully saturated rings. The van der Waals surface area contributed by atoms with Crippen molar-refractivity contribution in [3.05, 3.63) is 23.8 Å². The Morgan fingerprint density at radius 3 is 2.91 bits per heavy atom. The van der Waals surface area contributed by atoms with Gasteiger partial charge in [-0.3, -0.25) is 4.79 Å². The van der Waals surface area contributed by atoms with Gasteiger partial charge in [0.05, 0.1) is 17.1 Å². The van der Waals surface area contributed by atoms with Gasteiger partial charge >= 0.3 is 5.97 Å². The fourth-order valence-corrected chi connectivity index (χ4v) is 2.76. The first-order valence-electron chi connectivity index (χ1n) is 7.32. The summed E-state index contributed by atoms with van der Waals surface area (Å²) in [6, 6.07) is 4.49. The number of carbonyl (C=O) groups excluding carboxylic acids is 1. The van der Waals surface area contributed by atoms with Gasteiger partial charge in [-0.1, -0.05) is 0 Å². The number of hydrogen-bond acceptors (Lipinski definition) is 6. The van der Waals surface area contributed by atoms with Gasteiger partial charge in [0.2, 0.25) is 11.9 Å². The SMILES string of the molecule is CCN1C[C@@H](Nc2nc(N)nc3ccc(C(=O)O)cc23)CC1=O. The number of nitrogens with one attached hydrogen (secondary N) is 1. The molecular formula is C15H17N5O3. The number of benzene rings is 1. The summed E-state index contributed by atoms with van der Waals surface area (Å²) in [7, 11) is 0. The first kappa shape index (κ1) is 15.0. The summed E-state index contributed by atoms with van der Waals surface area (Å²) in [5, 5.41) is 12.9. The molecule has 3 rings (SSSR count). The maximum atomic E-state index is 11.8. The van der Waals surface area contributed by atoms with Crippen molar-refractivity contribution in [3.63, 3.8) is 0 Å². The zero-order valence-electron chi connectivity index (χ0n) is 12.6. The van der Waals surface area contributed by atoms with Crippen LogP contribution < -0.4 is 11.1 Å². The number of nitrogens with two attached hydrogens (primary N) is 1. The Hall–Kier alpha value is -2.90. The van der Waals surface area contributed by atoms with E-state index in [0.29, 0.717) is 36.2 Å². The normalized spacial score (nSPS) is 17.7. The average molecular weight is 315 g/mol. The van der Waals surface area contributed by atoms with Gasteiger partial charge in [0, 0.05) is 24.9 Å². The lowest BCUT2D eigenvalue weighted by Gasteiger charge is -2.16. The van der Waals surface area contributed by atoms with Gasteiger partial charge < -0.3 is 21.1 Å². The third kappa shape index (κ3) is 2.87. The molecule has 1 aliphatic rings. The molecule has 1 aromatic carbocycles. The Morgan fingerprint density at radius 1 is 1.48 bits per heavy atom. The lowest BCUT2D eigenvalue weighted by Crippen LogP contribution is -2.28. The monoisotopic (exact) mass is 315 g/mol. The lowest BCUT2D eigenvalue weighted by atomic mass is 10.1. The topological polar surface area (TPSA) is 121 Å². The molecule has 0 bridgehead atoms. The lowest BCUT2D eigenvalue weighted by molar-refractivity contribution is -0.127. The highest BCUT2D eigenvalue weighted by molar-refractivity contribution is 5.97. The molecule has 2 aromatic rings. The first-order chi connectivity index (χ1) is 11.0. The molecule has 0 saturated carbocycles. The van der Waals surface area contributed by atoms with E-state index in [-0.39, 0.29) is 23.5 Å². The van der Waals surface area contributed by atoms with Gasteiger partial charge in [0.15, 0.2) is 0 Å². The van der Waals surface area contributed by atoms with E-state index >= 15 is 0 Å². The van der Waals surface area contributed by atoms with Crippen LogP contribution in [0, 0.1) is 0 Å². The van der Waals surface area contributed by atoms with Gasteiger partial charge in [-0.25, -0.2) is 9.78 Å². The van der Waals surface area contributed by atoms with E-state index in [9.17, 15) is 9.59 Å². The molecule has 0 spiro atoms. The molecule has 1 aromatic heterocycles. The van der Waals surface area contributed by atoms with Crippen LogP contribution in [0.2, 0.25) is 0 Å². The average Bonchev–Trinajstić information content (AvgIpc) is 2.86. The number of amides is 1. The predicted octanol–water partition coefficient (Wildman–Crippen LogP) is 0.943. The highest BCUT2D eigenvalue weighted by Gasteiger charge is 2.29. The molecule has 2 heterocycles. The first-order valence-corrected chi connectivity index (χ1v) is 7.32. The van der Waals surface area contributed by atoms with Crippen LogP contribution in [0.25, 0.3) is 10.9 Å².